The molecule has 0 saturated heterocycles. The third kappa shape index (κ3) is 4.63. The van der Waals surface area contributed by atoms with E-state index in [0.29, 0.717) is 12.2 Å². The molecule has 16 heavy (non-hydrogen) atoms. The molecule has 92 valence electrons. The van der Waals surface area contributed by atoms with Gasteiger partial charge in [0.2, 0.25) is 0 Å². The van der Waals surface area contributed by atoms with Gasteiger partial charge in [0.1, 0.15) is 5.82 Å². The molecule has 1 unspecified atom stereocenters. The first-order valence-electron chi connectivity index (χ1n) is 4.85. The molecule has 0 bridgehead atoms. The van der Waals surface area contributed by atoms with Gasteiger partial charge in [0.15, 0.2) is 0 Å². The lowest BCUT2D eigenvalue weighted by molar-refractivity contribution is -0.325. The zero-order valence-corrected chi connectivity index (χ0v) is 8.87. The van der Waals surface area contributed by atoms with Crippen LogP contribution in [0.3, 0.4) is 0 Å². The van der Waals surface area contributed by atoms with Gasteiger partial charge in [-0.1, -0.05) is 0 Å². The minimum absolute atomic E-state index is 0.0790. The van der Waals surface area contributed by atoms with Gasteiger partial charge in [0, 0.05) is 31.4 Å². The molecule has 1 rings (SSSR count). The molecular weight excluding hydrogens is 223 g/mol. The molecule has 1 heterocycles. The van der Waals surface area contributed by atoms with Crippen LogP contribution in [-0.2, 0) is 17.7 Å². The van der Waals surface area contributed by atoms with Crippen LogP contribution < -0.4 is 5.73 Å². The standard InChI is InChI=1S/C9H14F3N3O/c1-7(13)6-8-14-2-3-15(8)4-5-16-9(10,11)12/h2-3,7H,4-6,13H2,1H3. The monoisotopic (exact) mass is 237 g/mol. The summed E-state index contributed by atoms with van der Waals surface area (Å²) in [5.41, 5.74) is 5.59. The van der Waals surface area contributed by atoms with Gasteiger partial charge >= 0.3 is 6.36 Å². The summed E-state index contributed by atoms with van der Waals surface area (Å²) >= 11 is 0. The fourth-order valence-corrected chi connectivity index (χ4v) is 1.28. The minimum Gasteiger partial charge on any atom is -0.333 e. The molecule has 0 aliphatic heterocycles. The lowest BCUT2D eigenvalue weighted by Gasteiger charge is -2.11. The van der Waals surface area contributed by atoms with Crippen LogP contribution in [0.2, 0.25) is 0 Å². The zero-order valence-electron chi connectivity index (χ0n) is 8.87. The van der Waals surface area contributed by atoms with E-state index in [1.165, 1.54) is 6.20 Å². The second-order valence-corrected chi connectivity index (χ2v) is 3.51. The molecule has 0 aliphatic rings. The van der Waals surface area contributed by atoms with Gasteiger partial charge < -0.3 is 10.3 Å². The van der Waals surface area contributed by atoms with E-state index >= 15 is 0 Å². The van der Waals surface area contributed by atoms with Crippen LogP contribution in [0.5, 0.6) is 0 Å². The molecule has 1 aromatic rings. The molecule has 0 fully saturated rings. The molecule has 0 saturated carbocycles. The molecule has 2 N–H and O–H groups in total. The molecule has 0 amide bonds. The Balaban J connectivity index is 2.45. The van der Waals surface area contributed by atoms with Gasteiger partial charge in [0.25, 0.3) is 0 Å². The van der Waals surface area contributed by atoms with Crippen LogP contribution in [-0.4, -0.2) is 28.6 Å². The summed E-state index contributed by atoms with van der Waals surface area (Å²) in [5.74, 6) is 0.667. The molecule has 7 heteroatoms. The number of rotatable bonds is 5. The maximum absolute atomic E-state index is 11.7. The SMILES string of the molecule is CC(N)Cc1nccn1CCOC(F)(F)F. The van der Waals surface area contributed by atoms with Crippen LogP contribution in [0.15, 0.2) is 12.4 Å². The van der Waals surface area contributed by atoms with Gasteiger partial charge in [-0.2, -0.15) is 0 Å². The van der Waals surface area contributed by atoms with Crippen molar-refractivity contribution >= 4 is 0 Å². The summed E-state index contributed by atoms with van der Waals surface area (Å²) in [6.45, 7) is 1.50. The number of nitrogens with zero attached hydrogens (tertiary/aromatic N) is 2. The Labute approximate surface area is 91.2 Å². The lowest BCUT2D eigenvalue weighted by atomic mass is 10.2. The van der Waals surface area contributed by atoms with E-state index in [9.17, 15) is 13.2 Å². The fraction of sp³-hybridized carbons (Fsp3) is 0.667. The van der Waals surface area contributed by atoms with Crippen molar-refractivity contribution in [3.63, 3.8) is 0 Å². The van der Waals surface area contributed by atoms with Crippen molar-refractivity contribution < 1.29 is 17.9 Å². The fourth-order valence-electron chi connectivity index (χ4n) is 1.28. The number of imidazole rings is 1. The Morgan fingerprint density at radius 2 is 2.25 bits per heavy atom. The number of aromatic nitrogens is 2. The Morgan fingerprint density at radius 1 is 1.56 bits per heavy atom. The summed E-state index contributed by atoms with van der Waals surface area (Å²) in [5, 5.41) is 0. The summed E-state index contributed by atoms with van der Waals surface area (Å²) in [6.07, 6.45) is -0.913. The van der Waals surface area contributed by atoms with E-state index in [1.54, 1.807) is 10.8 Å². The van der Waals surface area contributed by atoms with Gasteiger partial charge in [-0.25, -0.2) is 4.98 Å². The predicted molar refractivity (Wildman–Crippen MR) is 51.6 cm³/mol. The third-order valence-electron chi connectivity index (χ3n) is 1.90. The molecule has 0 radical (unpaired) electrons. The van der Waals surface area contributed by atoms with Crippen LogP contribution in [0.4, 0.5) is 13.2 Å². The van der Waals surface area contributed by atoms with Gasteiger partial charge in [-0.15, -0.1) is 13.2 Å². The highest BCUT2D eigenvalue weighted by molar-refractivity contribution is 4.94. The smallest absolute Gasteiger partial charge is 0.333 e. The topological polar surface area (TPSA) is 53.1 Å². The molecular formula is C9H14F3N3O. The van der Waals surface area contributed by atoms with E-state index in [1.807, 2.05) is 6.92 Å². The van der Waals surface area contributed by atoms with Crippen LogP contribution in [0.1, 0.15) is 12.7 Å². The van der Waals surface area contributed by atoms with Crippen molar-refractivity contribution in [2.24, 2.45) is 5.73 Å². The Bertz CT molecular complexity index is 322. The van der Waals surface area contributed by atoms with Gasteiger partial charge in [-0.05, 0) is 6.92 Å². The highest BCUT2D eigenvalue weighted by atomic mass is 19.4. The molecule has 0 aromatic carbocycles. The number of ether oxygens (including phenoxy) is 1. The van der Waals surface area contributed by atoms with E-state index in [4.69, 9.17) is 5.73 Å². The maximum atomic E-state index is 11.7. The highest BCUT2D eigenvalue weighted by Crippen LogP contribution is 2.16. The zero-order chi connectivity index (χ0) is 12.2. The number of alkyl halides is 3. The molecule has 0 spiro atoms. The average molecular weight is 237 g/mol. The number of hydrogen-bond donors (Lipinski definition) is 1. The second-order valence-electron chi connectivity index (χ2n) is 3.51. The van der Waals surface area contributed by atoms with Crippen molar-refractivity contribution in [3.8, 4) is 0 Å². The second kappa shape index (κ2) is 5.31. The van der Waals surface area contributed by atoms with E-state index in [2.05, 4.69) is 9.72 Å². The van der Waals surface area contributed by atoms with E-state index in [-0.39, 0.29) is 12.6 Å². The van der Waals surface area contributed by atoms with Gasteiger partial charge in [0.05, 0.1) is 6.61 Å². The molecule has 1 aromatic heterocycles. The summed E-state index contributed by atoms with van der Waals surface area (Å²) in [6, 6.07) is -0.0790. The van der Waals surface area contributed by atoms with Crippen molar-refractivity contribution in [1.82, 2.24) is 9.55 Å². The molecule has 0 aliphatic carbocycles. The van der Waals surface area contributed by atoms with Crippen molar-refractivity contribution in [3.05, 3.63) is 18.2 Å². The average Bonchev–Trinajstić information content (AvgIpc) is 2.49. The molecule has 1 atom stereocenters. The third-order valence-corrected chi connectivity index (χ3v) is 1.90. The van der Waals surface area contributed by atoms with Crippen molar-refractivity contribution in [2.75, 3.05) is 6.61 Å². The highest BCUT2D eigenvalue weighted by Gasteiger charge is 2.28. The van der Waals surface area contributed by atoms with Crippen molar-refractivity contribution in [1.29, 1.82) is 0 Å². The predicted octanol–water partition coefficient (Wildman–Crippen LogP) is 1.31. The normalized spacial score (nSPS) is 14.1. The van der Waals surface area contributed by atoms with Gasteiger partial charge in [-0.3, -0.25) is 4.74 Å². The van der Waals surface area contributed by atoms with Crippen LogP contribution in [0.25, 0.3) is 0 Å². The van der Waals surface area contributed by atoms with E-state index < -0.39 is 13.0 Å². The first-order chi connectivity index (χ1) is 7.38. The number of halogens is 3. The summed E-state index contributed by atoms with van der Waals surface area (Å²) < 4.78 is 40.5. The van der Waals surface area contributed by atoms with Crippen molar-refractivity contribution in [2.45, 2.75) is 32.3 Å². The Morgan fingerprint density at radius 3 is 2.81 bits per heavy atom. The quantitative estimate of drug-likeness (QED) is 0.840. The first-order valence-corrected chi connectivity index (χ1v) is 4.85. The number of nitrogens with two attached hydrogens (primary N) is 1. The largest absolute Gasteiger partial charge is 0.522 e. The van der Waals surface area contributed by atoms with E-state index in [0.717, 1.165) is 0 Å². The van der Waals surface area contributed by atoms with Crippen LogP contribution in [0, 0.1) is 0 Å². The first kappa shape index (κ1) is 13.0. The Hall–Kier alpha value is -1.08. The minimum atomic E-state index is -4.58. The van der Waals surface area contributed by atoms with Crippen LogP contribution >= 0.6 is 0 Å². The summed E-state index contributed by atoms with van der Waals surface area (Å²) in [4.78, 5) is 4.02. The summed E-state index contributed by atoms with van der Waals surface area (Å²) in [7, 11) is 0. The maximum Gasteiger partial charge on any atom is 0.522 e. The number of hydrogen-bond acceptors (Lipinski definition) is 3. The lowest BCUT2D eigenvalue weighted by Crippen LogP contribution is -2.22. The molecule has 4 nitrogen and oxygen atoms in total. The Kier molecular flexibility index (Phi) is 4.31.